The van der Waals surface area contributed by atoms with E-state index in [1.807, 2.05) is 60.7 Å². The monoisotopic (exact) mass is 1110 g/mol. The maximum absolute atomic E-state index is 6.59. The van der Waals surface area contributed by atoms with Crippen LogP contribution in [-0.4, -0.2) is 75.1 Å². The van der Waals surface area contributed by atoms with Crippen molar-refractivity contribution in [2.45, 2.75) is 0 Å². The molecule has 0 spiro atoms. The summed E-state index contributed by atoms with van der Waals surface area (Å²) in [5, 5.41) is 7.61. The standard InChI is InChI=1S/C72H60N4O8/c1-77-49-33-25-45(26-34-49)73-61-41-62(66(82-6)43-65(61)81-5)74(46-27-35-50(78-2)36-28-46)71-57-21-13-15-23-59(57)72(60-24-16-14-22-58(60)71)76(48-31-39-52(80-4)40-32-48)64-42-63(67(83-7)44-68(64)84-8)75(47-29-37-51(79-3)38-30-47)70-55-19-11-9-17-53(55)69(73)54-18-10-12-20-56(54)70/h9-44H,1-8H3. The van der Waals surface area contributed by atoms with Crippen LogP contribution in [-0.2, 0) is 0 Å². The molecule has 0 aliphatic carbocycles. The van der Waals surface area contributed by atoms with Gasteiger partial charge in [0.1, 0.15) is 46.0 Å². The molecule has 13 aromatic rings. The van der Waals surface area contributed by atoms with Gasteiger partial charge >= 0.3 is 0 Å². The predicted molar refractivity (Wildman–Crippen MR) is 340 cm³/mol. The van der Waals surface area contributed by atoms with Gasteiger partial charge in [0.2, 0.25) is 0 Å². The fourth-order valence-electron chi connectivity index (χ4n) is 12.0. The molecule has 12 nitrogen and oxygen atoms in total. The number of nitrogens with zero attached hydrogens (tertiary/aromatic N) is 4. The predicted octanol–water partition coefficient (Wildman–Crippen LogP) is 17.0. The highest BCUT2D eigenvalue weighted by atomic mass is 16.5. The zero-order valence-electron chi connectivity index (χ0n) is 47.8. The average Bonchev–Trinajstić information content (AvgIpc) is 1.22. The second-order valence-corrected chi connectivity index (χ2v) is 20.1. The number of methoxy groups -OCH3 is 8. The molecule has 0 saturated carbocycles. The molecule has 1 heterocycles. The summed E-state index contributed by atoms with van der Waals surface area (Å²) in [6.45, 7) is 0. The molecule has 0 amide bonds. The Labute approximate surface area is 485 Å². The van der Waals surface area contributed by atoms with Crippen LogP contribution < -0.4 is 37.9 Å². The molecule has 0 aliphatic rings. The Hall–Kier alpha value is -10.7. The van der Waals surface area contributed by atoms with Gasteiger partial charge in [0.15, 0.2) is 0 Å². The molecular weight excluding hydrogens is 1050 g/mol. The van der Waals surface area contributed by atoms with E-state index in [1.54, 1.807) is 56.9 Å². The molecule has 84 heavy (non-hydrogen) atoms. The van der Waals surface area contributed by atoms with E-state index in [-0.39, 0.29) is 0 Å². The van der Waals surface area contributed by atoms with Crippen LogP contribution in [0.25, 0.3) is 110 Å². The molecule has 0 N–H and O–H groups in total. The number of aromatic nitrogens is 4. The molecule has 12 heteroatoms. The van der Waals surface area contributed by atoms with Gasteiger partial charge in [-0.25, -0.2) is 0 Å². The van der Waals surface area contributed by atoms with Gasteiger partial charge in [-0.1, -0.05) is 97.1 Å². The van der Waals surface area contributed by atoms with Crippen molar-refractivity contribution in [3.63, 3.8) is 0 Å². The van der Waals surface area contributed by atoms with E-state index in [0.717, 1.165) is 110 Å². The van der Waals surface area contributed by atoms with E-state index in [9.17, 15) is 0 Å². The van der Waals surface area contributed by atoms with Gasteiger partial charge in [0, 0.05) is 78.0 Å². The number of hydrogen-bond acceptors (Lipinski definition) is 8. The van der Waals surface area contributed by atoms with Gasteiger partial charge in [0.25, 0.3) is 0 Å². The second-order valence-electron chi connectivity index (χ2n) is 20.1. The van der Waals surface area contributed by atoms with Crippen molar-refractivity contribution >= 4 is 87.2 Å². The van der Waals surface area contributed by atoms with E-state index in [0.29, 0.717) is 46.0 Å². The number of benzene rings is 12. The lowest BCUT2D eigenvalue weighted by Crippen LogP contribution is -2.07. The van der Waals surface area contributed by atoms with Gasteiger partial charge < -0.3 is 56.2 Å². The minimum absolute atomic E-state index is 0.572. The molecule has 416 valence electrons. The summed E-state index contributed by atoms with van der Waals surface area (Å²) < 4.78 is 58.9. The number of hydrogen-bond donors (Lipinski definition) is 0. The topological polar surface area (TPSA) is 93.6 Å². The Bertz CT molecular complexity index is 4140. The van der Waals surface area contributed by atoms with Gasteiger partial charge in [-0.05, 0) is 109 Å². The van der Waals surface area contributed by atoms with Gasteiger partial charge in [-0.2, -0.15) is 0 Å². The van der Waals surface area contributed by atoms with E-state index < -0.39 is 0 Å². The minimum atomic E-state index is 0.572. The Morgan fingerprint density at radius 1 is 0.202 bits per heavy atom. The van der Waals surface area contributed by atoms with E-state index >= 15 is 0 Å². The third-order valence-electron chi connectivity index (χ3n) is 15.9. The highest BCUT2D eigenvalue weighted by Crippen LogP contribution is 2.45. The van der Waals surface area contributed by atoms with Gasteiger partial charge in [-0.15, -0.1) is 0 Å². The van der Waals surface area contributed by atoms with Crippen molar-refractivity contribution in [2.75, 3.05) is 56.9 Å². The maximum atomic E-state index is 6.59. The summed E-state index contributed by atoms with van der Waals surface area (Å²) in [6, 6.07) is 75.4. The summed E-state index contributed by atoms with van der Waals surface area (Å²) in [5.74, 6) is 5.16. The van der Waals surface area contributed by atoms with Crippen LogP contribution in [0.3, 0.4) is 0 Å². The molecule has 0 atom stereocenters. The Morgan fingerprint density at radius 2 is 0.381 bits per heavy atom. The molecule has 0 fully saturated rings. The summed E-state index contributed by atoms with van der Waals surface area (Å²) in [5.41, 5.74) is 10.0. The quantitative estimate of drug-likeness (QED) is 0.112. The normalized spacial score (nSPS) is 11.3. The SMILES string of the molecule is COc1ccc(-n2c3cc(c(OC)cc3OC)n(-c3ccc(OC)cc3)c3c4ccccc4c(c4ccccc43)n(-c3ccc(OC)cc3)c3cc(c(OC)cc3OC)n(-c3ccc(OC)cc3)c3c4ccccc4c2c2ccccc23)cc1. The third kappa shape index (κ3) is 8.69. The van der Waals surface area contributed by atoms with E-state index in [4.69, 9.17) is 37.9 Å². The molecule has 0 saturated heterocycles. The first-order valence-corrected chi connectivity index (χ1v) is 27.5. The molecule has 0 unspecified atom stereocenters. The molecule has 8 bridgehead atoms. The summed E-state index contributed by atoms with van der Waals surface area (Å²) in [7, 11) is 13.6. The van der Waals surface area contributed by atoms with Crippen LogP contribution in [0.4, 0.5) is 0 Å². The van der Waals surface area contributed by atoms with Crippen LogP contribution >= 0.6 is 0 Å². The van der Waals surface area contributed by atoms with Crippen molar-refractivity contribution in [1.29, 1.82) is 0 Å². The van der Waals surface area contributed by atoms with Gasteiger partial charge in [0.05, 0.1) is 101 Å². The van der Waals surface area contributed by atoms with Crippen LogP contribution in [0.5, 0.6) is 46.0 Å². The lowest BCUT2D eigenvalue weighted by atomic mass is 9.98. The average molecular weight is 1110 g/mol. The molecular formula is C72H60N4O8. The van der Waals surface area contributed by atoms with E-state index in [2.05, 4.69) is 176 Å². The Morgan fingerprint density at radius 3 is 0.536 bits per heavy atom. The fourth-order valence-corrected chi connectivity index (χ4v) is 12.0. The first kappa shape index (κ1) is 52.6. The summed E-state index contributed by atoms with van der Waals surface area (Å²) >= 11 is 0. The number of ether oxygens (including phenoxy) is 8. The zero-order chi connectivity index (χ0) is 57.6. The molecule has 1 aromatic heterocycles. The minimum Gasteiger partial charge on any atom is -0.497 e. The second kappa shape index (κ2) is 22.0. The zero-order valence-corrected chi connectivity index (χ0v) is 47.8. The molecule has 0 radical (unpaired) electrons. The third-order valence-corrected chi connectivity index (χ3v) is 15.9. The van der Waals surface area contributed by atoms with Crippen molar-refractivity contribution in [1.82, 2.24) is 18.3 Å². The van der Waals surface area contributed by atoms with Gasteiger partial charge in [-0.3, -0.25) is 0 Å². The highest BCUT2D eigenvalue weighted by molar-refractivity contribution is 6.26. The largest absolute Gasteiger partial charge is 0.497 e. The summed E-state index contributed by atoms with van der Waals surface area (Å²) in [6.07, 6.45) is 0. The smallest absolute Gasteiger partial charge is 0.146 e. The maximum Gasteiger partial charge on any atom is 0.146 e. The highest BCUT2D eigenvalue weighted by Gasteiger charge is 2.23. The molecule has 12 aromatic carbocycles. The first-order valence-electron chi connectivity index (χ1n) is 27.5. The first-order chi connectivity index (χ1) is 41.3. The van der Waals surface area contributed by atoms with Crippen LogP contribution in [0.15, 0.2) is 218 Å². The molecule has 13 rings (SSSR count). The lowest BCUT2D eigenvalue weighted by molar-refractivity contribution is 0.398. The van der Waals surface area contributed by atoms with E-state index in [1.165, 1.54) is 0 Å². The molecule has 0 aliphatic heterocycles. The lowest BCUT2D eigenvalue weighted by Gasteiger charge is -2.24. The number of rotatable bonds is 12. The van der Waals surface area contributed by atoms with Crippen molar-refractivity contribution < 1.29 is 37.9 Å². The Kier molecular flexibility index (Phi) is 13.8. The van der Waals surface area contributed by atoms with Crippen LogP contribution in [0, 0.1) is 0 Å². The van der Waals surface area contributed by atoms with Crippen molar-refractivity contribution in [3.05, 3.63) is 218 Å². The Balaban J connectivity index is 1.47. The fraction of sp³-hybridized carbons (Fsp3) is 0.111. The van der Waals surface area contributed by atoms with Crippen LogP contribution in [0.1, 0.15) is 0 Å². The summed E-state index contributed by atoms with van der Waals surface area (Å²) in [4.78, 5) is 0. The van der Waals surface area contributed by atoms with Crippen molar-refractivity contribution in [3.8, 4) is 68.7 Å². The van der Waals surface area contributed by atoms with Crippen molar-refractivity contribution in [2.24, 2.45) is 0 Å². The number of fused-ring (bicyclic) bond motifs is 10. The van der Waals surface area contributed by atoms with Crippen LogP contribution in [0.2, 0.25) is 0 Å².